The van der Waals surface area contributed by atoms with Gasteiger partial charge in [-0.25, -0.2) is 4.39 Å². The Balaban J connectivity index is 1.62. The second-order valence-electron chi connectivity index (χ2n) is 6.79. The van der Waals surface area contributed by atoms with Crippen molar-refractivity contribution in [2.24, 2.45) is 5.10 Å². The zero-order valence-corrected chi connectivity index (χ0v) is 16.8. The van der Waals surface area contributed by atoms with Crippen molar-refractivity contribution in [3.05, 3.63) is 71.5 Å². The first-order valence-electron chi connectivity index (χ1n) is 9.43. The van der Waals surface area contributed by atoms with Crippen LogP contribution in [0, 0.1) is 5.82 Å². The van der Waals surface area contributed by atoms with Crippen LogP contribution in [0.15, 0.2) is 59.7 Å². The highest BCUT2D eigenvalue weighted by molar-refractivity contribution is 7.80. The molecule has 148 valence electrons. The summed E-state index contributed by atoms with van der Waals surface area (Å²) in [7, 11) is 0. The molecule has 0 aliphatic carbocycles. The van der Waals surface area contributed by atoms with Crippen molar-refractivity contribution in [2.45, 2.75) is 19.5 Å². The number of hydrogen-bond acceptors (Lipinski definition) is 3. The SMILES string of the molecule is C/C(=N/NC(=S)NCc1ccc(F)cc1)[C@@H](c1ccccc1)[NH+]1CCOCC1. The zero-order valence-electron chi connectivity index (χ0n) is 16.0. The lowest BCUT2D eigenvalue weighted by Gasteiger charge is -2.31. The molecule has 0 bridgehead atoms. The van der Waals surface area contributed by atoms with Gasteiger partial charge in [0.25, 0.3) is 0 Å². The van der Waals surface area contributed by atoms with Gasteiger partial charge in [-0.1, -0.05) is 42.5 Å². The van der Waals surface area contributed by atoms with Gasteiger partial charge in [-0.2, -0.15) is 5.10 Å². The number of halogens is 1. The summed E-state index contributed by atoms with van der Waals surface area (Å²) in [6.45, 7) is 5.95. The van der Waals surface area contributed by atoms with Crippen LogP contribution < -0.4 is 15.6 Å². The molecule has 1 heterocycles. The molecule has 0 aromatic heterocycles. The molecule has 0 amide bonds. The van der Waals surface area contributed by atoms with Crippen molar-refractivity contribution < 1.29 is 14.0 Å². The Bertz CT molecular complexity index is 792. The molecule has 2 aromatic rings. The van der Waals surface area contributed by atoms with Crippen LogP contribution in [0.5, 0.6) is 0 Å². The molecular formula is C21H26FN4OS+. The van der Waals surface area contributed by atoms with E-state index >= 15 is 0 Å². The number of quaternary nitrogens is 1. The minimum Gasteiger partial charge on any atom is -0.370 e. The average Bonchev–Trinajstić information content (AvgIpc) is 2.73. The molecule has 1 aliphatic rings. The fourth-order valence-electron chi connectivity index (χ4n) is 3.37. The molecule has 0 spiro atoms. The zero-order chi connectivity index (χ0) is 19.8. The molecule has 0 unspecified atom stereocenters. The fourth-order valence-corrected chi connectivity index (χ4v) is 3.49. The van der Waals surface area contributed by atoms with E-state index in [1.807, 2.05) is 13.0 Å². The lowest BCUT2D eigenvalue weighted by atomic mass is 10.0. The Morgan fingerprint density at radius 3 is 2.50 bits per heavy atom. The fraction of sp³-hybridized carbons (Fsp3) is 0.333. The molecule has 3 rings (SSSR count). The summed E-state index contributed by atoms with van der Waals surface area (Å²) in [6.07, 6.45) is 0. The first-order chi connectivity index (χ1) is 13.6. The largest absolute Gasteiger partial charge is 0.370 e. The van der Waals surface area contributed by atoms with E-state index in [9.17, 15) is 4.39 Å². The third-order valence-electron chi connectivity index (χ3n) is 4.79. The van der Waals surface area contributed by atoms with E-state index < -0.39 is 0 Å². The van der Waals surface area contributed by atoms with Crippen molar-refractivity contribution >= 4 is 23.0 Å². The lowest BCUT2D eigenvalue weighted by Crippen LogP contribution is -3.15. The topological polar surface area (TPSA) is 50.1 Å². The van der Waals surface area contributed by atoms with Crippen LogP contribution in [0.25, 0.3) is 0 Å². The Hall–Kier alpha value is -2.35. The van der Waals surface area contributed by atoms with E-state index in [-0.39, 0.29) is 11.9 Å². The molecule has 0 saturated carbocycles. The van der Waals surface area contributed by atoms with Gasteiger partial charge >= 0.3 is 0 Å². The summed E-state index contributed by atoms with van der Waals surface area (Å²) in [5.41, 5.74) is 6.09. The maximum absolute atomic E-state index is 13.0. The normalized spacial score (nSPS) is 16.4. The van der Waals surface area contributed by atoms with Crippen LogP contribution in [-0.2, 0) is 11.3 Å². The molecule has 1 fully saturated rings. The molecule has 0 radical (unpaired) electrons. The van der Waals surface area contributed by atoms with Gasteiger partial charge in [-0.3, -0.25) is 5.43 Å². The van der Waals surface area contributed by atoms with E-state index in [2.05, 4.69) is 40.1 Å². The predicted octanol–water partition coefficient (Wildman–Crippen LogP) is 1.82. The molecule has 1 aliphatic heterocycles. The molecule has 7 heteroatoms. The first-order valence-corrected chi connectivity index (χ1v) is 9.84. The Morgan fingerprint density at radius 2 is 1.82 bits per heavy atom. The maximum Gasteiger partial charge on any atom is 0.187 e. The van der Waals surface area contributed by atoms with Crippen LogP contribution in [0.4, 0.5) is 4.39 Å². The van der Waals surface area contributed by atoms with E-state index in [4.69, 9.17) is 17.0 Å². The van der Waals surface area contributed by atoms with Crippen LogP contribution in [0.3, 0.4) is 0 Å². The summed E-state index contributed by atoms with van der Waals surface area (Å²) in [5.74, 6) is -0.248. The summed E-state index contributed by atoms with van der Waals surface area (Å²) in [4.78, 5) is 1.44. The predicted molar refractivity (Wildman–Crippen MR) is 113 cm³/mol. The molecule has 1 atom stereocenters. The monoisotopic (exact) mass is 401 g/mol. The second kappa shape index (κ2) is 10.3. The van der Waals surface area contributed by atoms with Crippen LogP contribution in [-0.4, -0.2) is 37.1 Å². The number of ether oxygens (including phenoxy) is 1. The van der Waals surface area contributed by atoms with Gasteiger partial charge in [0, 0.05) is 12.1 Å². The van der Waals surface area contributed by atoms with Gasteiger partial charge in [0.2, 0.25) is 0 Å². The van der Waals surface area contributed by atoms with Gasteiger partial charge in [0.15, 0.2) is 11.2 Å². The van der Waals surface area contributed by atoms with Crippen LogP contribution >= 0.6 is 12.2 Å². The number of morpholine rings is 1. The van der Waals surface area contributed by atoms with Crippen molar-refractivity contribution in [3.63, 3.8) is 0 Å². The number of benzene rings is 2. The van der Waals surface area contributed by atoms with Gasteiger partial charge in [0.05, 0.1) is 18.9 Å². The van der Waals surface area contributed by atoms with Crippen molar-refractivity contribution in [3.8, 4) is 0 Å². The minimum atomic E-state index is -0.248. The Kier molecular flexibility index (Phi) is 7.47. The number of thiocarbonyl (C=S) groups is 1. The highest BCUT2D eigenvalue weighted by Gasteiger charge is 2.28. The van der Waals surface area contributed by atoms with Crippen molar-refractivity contribution in [1.82, 2.24) is 10.7 Å². The number of rotatable bonds is 6. The van der Waals surface area contributed by atoms with Gasteiger partial charge < -0.3 is 15.0 Å². The third kappa shape index (κ3) is 5.82. The van der Waals surface area contributed by atoms with Gasteiger partial charge in [0.1, 0.15) is 18.9 Å². The lowest BCUT2D eigenvalue weighted by molar-refractivity contribution is -0.928. The van der Waals surface area contributed by atoms with E-state index in [0.29, 0.717) is 11.7 Å². The standard InChI is InChI=1S/C21H25FN4OS/c1-16(24-25-21(28)23-15-17-7-9-19(22)10-8-17)20(18-5-3-2-4-6-18)26-11-13-27-14-12-26/h2-10,20H,11-15H2,1H3,(H2,23,25,28)/p+1/b24-16-/t20-/m0/s1. The highest BCUT2D eigenvalue weighted by atomic mass is 32.1. The quantitative estimate of drug-likeness (QED) is 0.393. The number of hydrazone groups is 1. The Labute approximate surface area is 170 Å². The summed E-state index contributed by atoms with van der Waals surface area (Å²) in [5, 5.41) is 8.08. The average molecular weight is 402 g/mol. The van der Waals surface area contributed by atoms with E-state index in [1.165, 1.54) is 22.6 Å². The Morgan fingerprint density at radius 1 is 1.14 bits per heavy atom. The maximum atomic E-state index is 13.0. The summed E-state index contributed by atoms with van der Waals surface area (Å²) >= 11 is 5.33. The van der Waals surface area contributed by atoms with E-state index in [1.54, 1.807) is 12.1 Å². The molecule has 28 heavy (non-hydrogen) atoms. The van der Waals surface area contributed by atoms with Gasteiger partial charge in [-0.15, -0.1) is 0 Å². The van der Waals surface area contributed by atoms with Gasteiger partial charge in [-0.05, 0) is 36.8 Å². The number of nitrogens with zero attached hydrogens (tertiary/aromatic N) is 1. The highest BCUT2D eigenvalue weighted by Crippen LogP contribution is 2.12. The summed E-state index contributed by atoms with van der Waals surface area (Å²) in [6, 6.07) is 16.9. The third-order valence-corrected chi connectivity index (χ3v) is 5.03. The minimum absolute atomic E-state index is 0.150. The number of hydrogen-bond donors (Lipinski definition) is 3. The molecule has 1 saturated heterocycles. The van der Waals surface area contributed by atoms with Crippen LogP contribution in [0.1, 0.15) is 24.1 Å². The van der Waals surface area contributed by atoms with E-state index in [0.717, 1.165) is 37.6 Å². The summed E-state index contributed by atoms with van der Waals surface area (Å²) < 4.78 is 18.5. The van der Waals surface area contributed by atoms with Crippen molar-refractivity contribution in [2.75, 3.05) is 26.3 Å². The number of nitrogens with one attached hydrogen (secondary N) is 3. The molecule has 3 N–H and O–H groups in total. The first kappa shape index (κ1) is 20.4. The second-order valence-corrected chi connectivity index (χ2v) is 7.20. The van der Waals surface area contributed by atoms with Crippen LogP contribution in [0.2, 0.25) is 0 Å². The molecule has 2 aromatic carbocycles. The molecular weight excluding hydrogens is 375 g/mol. The smallest absolute Gasteiger partial charge is 0.187 e. The van der Waals surface area contributed by atoms with Crippen molar-refractivity contribution in [1.29, 1.82) is 0 Å². The molecule has 5 nitrogen and oxygen atoms in total.